The normalized spacial score (nSPS) is 15.1. The average molecular weight is 441 g/mol. The molecule has 0 atom stereocenters. The highest BCUT2D eigenvalue weighted by molar-refractivity contribution is 7.17. The number of aromatic nitrogens is 2. The molecular formula is C29H32N2S. The van der Waals surface area contributed by atoms with Crippen molar-refractivity contribution in [2.24, 2.45) is 0 Å². The van der Waals surface area contributed by atoms with Crippen molar-refractivity contribution in [2.45, 2.75) is 71.6 Å². The standard InChI is InChI=1S/C29H32N2S/c1-27(2,3)18-10-12-20-19-11-9-17(15-21(19)29(7,8)22(20)16-18)25-23-24(31-14-13-30-23)26(32-25)28(4,5)6/h9-16H,1-8H3. The monoisotopic (exact) mass is 440 g/mol. The van der Waals surface area contributed by atoms with Gasteiger partial charge in [-0.15, -0.1) is 11.3 Å². The maximum Gasteiger partial charge on any atom is 0.108 e. The van der Waals surface area contributed by atoms with Gasteiger partial charge in [0.15, 0.2) is 0 Å². The van der Waals surface area contributed by atoms with Crippen LogP contribution in [0, 0.1) is 0 Å². The second-order valence-corrected chi connectivity index (χ2v) is 12.7. The van der Waals surface area contributed by atoms with Crippen molar-refractivity contribution in [3.8, 4) is 21.6 Å². The van der Waals surface area contributed by atoms with Crippen LogP contribution in [-0.2, 0) is 16.2 Å². The lowest BCUT2D eigenvalue weighted by molar-refractivity contribution is 0.584. The van der Waals surface area contributed by atoms with Gasteiger partial charge in [-0.05, 0) is 50.3 Å². The molecule has 0 spiro atoms. The minimum absolute atomic E-state index is 0.0342. The van der Waals surface area contributed by atoms with E-state index in [-0.39, 0.29) is 16.2 Å². The maximum absolute atomic E-state index is 4.75. The van der Waals surface area contributed by atoms with Gasteiger partial charge in [0, 0.05) is 22.7 Å². The largest absolute Gasteiger partial charge is 0.252 e. The Balaban J connectivity index is 1.70. The highest BCUT2D eigenvalue weighted by Crippen LogP contribution is 2.51. The van der Waals surface area contributed by atoms with E-state index in [1.165, 1.54) is 43.1 Å². The molecule has 3 heteroatoms. The first-order valence-corrected chi connectivity index (χ1v) is 12.2. The average Bonchev–Trinajstić information content (AvgIpc) is 3.21. The lowest BCUT2D eigenvalue weighted by Crippen LogP contribution is -2.17. The van der Waals surface area contributed by atoms with Crippen molar-refractivity contribution < 1.29 is 0 Å². The Kier molecular flexibility index (Phi) is 4.49. The highest BCUT2D eigenvalue weighted by Gasteiger charge is 2.37. The summed E-state index contributed by atoms with van der Waals surface area (Å²) in [6.45, 7) is 18.4. The van der Waals surface area contributed by atoms with Crippen molar-refractivity contribution in [1.82, 2.24) is 9.97 Å². The number of benzene rings is 2. The number of hydrogen-bond donors (Lipinski definition) is 0. The predicted molar refractivity (Wildman–Crippen MR) is 138 cm³/mol. The number of nitrogens with zero attached hydrogens (tertiary/aromatic N) is 2. The molecular weight excluding hydrogens is 408 g/mol. The minimum atomic E-state index is -0.0342. The van der Waals surface area contributed by atoms with Crippen molar-refractivity contribution in [3.05, 3.63) is 70.4 Å². The highest BCUT2D eigenvalue weighted by atomic mass is 32.1. The van der Waals surface area contributed by atoms with E-state index in [0.29, 0.717) is 0 Å². The molecule has 2 heterocycles. The lowest BCUT2D eigenvalue weighted by atomic mass is 9.79. The Morgan fingerprint density at radius 3 is 1.94 bits per heavy atom. The van der Waals surface area contributed by atoms with E-state index in [1.54, 1.807) is 0 Å². The molecule has 0 saturated heterocycles. The first kappa shape index (κ1) is 21.3. The predicted octanol–water partition coefficient (Wildman–Crippen LogP) is 8.26. The van der Waals surface area contributed by atoms with Crippen LogP contribution in [0.3, 0.4) is 0 Å². The fourth-order valence-corrected chi connectivity index (χ4v) is 6.17. The molecule has 5 rings (SSSR count). The molecule has 0 fully saturated rings. The van der Waals surface area contributed by atoms with Crippen molar-refractivity contribution >= 4 is 22.4 Å². The third kappa shape index (κ3) is 3.13. The number of thiophene rings is 1. The molecule has 0 unspecified atom stereocenters. The van der Waals surface area contributed by atoms with E-state index < -0.39 is 0 Å². The van der Waals surface area contributed by atoms with Crippen LogP contribution in [0.25, 0.3) is 32.6 Å². The molecule has 1 aliphatic carbocycles. The van der Waals surface area contributed by atoms with Gasteiger partial charge < -0.3 is 0 Å². The zero-order valence-electron chi connectivity index (χ0n) is 20.4. The number of rotatable bonds is 1. The Bertz CT molecular complexity index is 1360. The molecule has 164 valence electrons. The van der Waals surface area contributed by atoms with Crippen LogP contribution in [0.15, 0.2) is 48.8 Å². The van der Waals surface area contributed by atoms with E-state index in [2.05, 4.69) is 91.8 Å². The third-order valence-electron chi connectivity index (χ3n) is 6.82. The van der Waals surface area contributed by atoms with Crippen molar-refractivity contribution in [2.75, 3.05) is 0 Å². The SMILES string of the molecule is CC(C)(C)c1ccc2c(c1)C(C)(C)c1cc(-c3sc(C(C)(C)C)c4nccnc34)ccc1-2. The molecule has 2 nitrogen and oxygen atoms in total. The maximum atomic E-state index is 4.75. The second-order valence-electron chi connectivity index (χ2n) is 11.7. The zero-order valence-corrected chi connectivity index (χ0v) is 21.2. The number of hydrogen-bond acceptors (Lipinski definition) is 3. The molecule has 32 heavy (non-hydrogen) atoms. The summed E-state index contributed by atoms with van der Waals surface area (Å²) in [5, 5.41) is 0. The van der Waals surface area contributed by atoms with Crippen LogP contribution in [-0.4, -0.2) is 9.97 Å². The van der Waals surface area contributed by atoms with E-state index in [4.69, 9.17) is 9.97 Å². The quantitative estimate of drug-likeness (QED) is 0.298. The third-order valence-corrected chi connectivity index (χ3v) is 8.46. The van der Waals surface area contributed by atoms with E-state index in [1.807, 2.05) is 23.7 Å². The molecule has 2 aromatic heterocycles. The summed E-state index contributed by atoms with van der Waals surface area (Å²) in [5.41, 5.74) is 10.4. The number of fused-ring (bicyclic) bond motifs is 4. The Morgan fingerprint density at radius 2 is 1.31 bits per heavy atom. The Hall–Kier alpha value is -2.52. The molecule has 0 amide bonds. The van der Waals surface area contributed by atoms with Gasteiger partial charge in [0.2, 0.25) is 0 Å². The molecule has 0 radical (unpaired) electrons. The summed E-state index contributed by atoms with van der Waals surface area (Å²) in [7, 11) is 0. The fraction of sp³-hybridized carbons (Fsp3) is 0.379. The summed E-state index contributed by atoms with van der Waals surface area (Å²) < 4.78 is 0. The van der Waals surface area contributed by atoms with Crippen LogP contribution >= 0.6 is 11.3 Å². The van der Waals surface area contributed by atoms with Gasteiger partial charge in [-0.25, -0.2) is 0 Å². The zero-order chi connectivity index (χ0) is 23.1. The minimum Gasteiger partial charge on any atom is -0.252 e. The van der Waals surface area contributed by atoms with Crippen LogP contribution in [0.4, 0.5) is 0 Å². The van der Waals surface area contributed by atoms with Gasteiger partial charge in [-0.2, -0.15) is 0 Å². The van der Waals surface area contributed by atoms with Gasteiger partial charge in [-0.1, -0.05) is 85.7 Å². The molecule has 0 aliphatic heterocycles. The van der Waals surface area contributed by atoms with E-state index in [0.717, 1.165) is 11.0 Å². The van der Waals surface area contributed by atoms with Gasteiger partial charge in [0.1, 0.15) is 11.0 Å². The Labute approximate surface area is 195 Å². The summed E-state index contributed by atoms with van der Waals surface area (Å²) in [6.07, 6.45) is 3.62. The lowest BCUT2D eigenvalue weighted by Gasteiger charge is -2.25. The van der Waals surface area contributed by atoms with Gasteiger partial charge >= 0.3 is 0 Å². The fourth-order valence-electron chi connectivity index (χ4n) is 4.92. The smallest absolute Gasteiger partial charge is 0.108 e. The van der Waals surface area contributed by atoms with Crippen LogP contribution in [0.2, 0.25) is 0 Å². The van der Waals surface area contributed by atoms with E-state index >= 15 is 0 Å². The van der Waals surface area contributed by atoms with Crippen LogP contribution in [0.1, 0.15) is 77.0 Å². The molecule has 4 aromatic rings. The molecule has 1 aliphatic rings. The van der Waals surface area contributed by atoms with Gasteiger partial charge in [-0.3, -0.25) is 9.97 Å². The van der Waals surface area contributed by atoms with E-state index in [9.17, 15) is 0 Å². The first-order valence-electron chi connectivity index (χ1n) is 11.4. The summed E-state index contributed by atoms with van der Waals surface area (Å²) in [4.78, 5) is 12.0. The Morgan fingerprint density at radius 1 is 0.719 bits per heavy atom. The summed E-state index contributed by atoms with van der Waals surface area (Å²) in [5.74, 6) is 0. The molecule has 0 bridgehead atoms. The molecule has 0 saturated carbocycles. The molecule has 2 aromatic carbocycles. The molecule has 0 N–H and O–H groups in total. The van der Waals surface area contributed by atoms with Crippen molar-refractivity contribution in [3.63, 3.8) is 0 Å². The van der Waals surface area contributed by atoms with Gasteiger partial charge in [0.05, 0.1) is 4.88 Å². The summed E-state index contributed by atoms with van der Waals surface area (Å²) >= 11 is 1.84. The summed E-state index contributed by atoms with van der Waals surface area (Å²) in [6, 6.07) is 14.0. The van der Waals surface area contributed by atoms with Crippen LogP contribution in [0.5, 0.6) is 0 Å². The topological polar surface area (TPSA) is 25.8 Å². The first-order chi connectivity index (χ1) is 14.9. The van der Waals surface area contributed by atoms with Crippen molar-refractivity contribution in [1.29, 1.82) is 0 Å². The van der Waals surface area contributed by atoms with Crippen LogP contribution < -0.4 is 0 Å². The van der Waals surface area contributed by atoms with Gasteiger partial charge in [0.25, 0.3) is 0 Å². The second kappa shape index (κ2) is 6.74.